The Bertz CT molecular complexity index is 587. The van der Waals surface area contributed by atoms with Crippen LogP contribution in [0.4, 0.5) is 0 Å². The SMILES string of the molecule is CC(=O)c1ccc(Cc2cccc(C(C)(C)C)c2)s1. The lowest BCUT2D eigenvalue weighted by Gasteiger charge is -2.19. The van der Waals surface area contributed by atoms with Gasteiger partial charge in [-0.25, -0.2) is 0 Å². The number of Topliss-reactive ketones (excluding diaryl/α,β-unsaturated/α-hetero) is 1. The van der Waals surface area contributed by atoms with Gasteiger partial charge in [0.1, 0.15) is 0 Å². The summed E-state index contributed by atoms with van der Waals surface area (Å²) < 4.78 is 0. The summed E-state index contributed by atoms with van der Waals surface area (Å²) in [4.78, 5) is 13.4. The lowest BCUT2D eigenvalue weighted by Crippen LogP contribution is -2.11. The molecule has 0 N–H and O–H groups in total. The van der Waals surface area contributed by atoms with E-state index in [1.54, 1.807) is 18.3 Å². The molecular formula is C17H20OS. The monoisotopic (exact) mass is 272 g/mol. The molecule has 0 fully saturated rings. The van der Waals surface area contributed by atoms with Gasteiger partial charge in [-0.2, -0.15) is 0 Å². The molecule has 0 saturated carbocycles. The van der Waals surface area contributed by atoms with Gasteiger partial charge in [0, 0.05) is 11.3 Å². The average molecular weight is 272 g/mol. The number of hydrogen-bond acceptors (Lipinski definition) is 2. The van der Waals surface area contributed by atoms with Gasteiger partial charge in [0.25, 0.3) is 0 Å². The van der Waals surface area contributed by atoms with Crippen LogP contribution in [0.1, 0.15) is 53.4 Å². The molecule has 1 aromatic heterocycles. The Labute approximate surface area is 119 Å². The molecule has 2 aromatic rings. The zero-order valence-corrected chi connectivity index (χ0v) is 12.8. The summed E-state index contributed by atoms with van der Waals surface area (Å²) in [6.45, 7) is 8.30. The van der Waals surface area contributed by atoms with Crippen molar-refractivity contribution in [1.82, 2.24) is 0 Å². The van der Waals surface area contributed by atoms with Crippen molar-refractivity contribution in [2.24, 2.45) is 0 Å². The van der Waals surface area contributed by atoms with Gasteiger partial charge in [-0.1, -0.05) is 45.0 Å². The molecule has 100 valence electrons. The number of ketones is 1. The van der Waals surface area contributed by atoms with Crippen LogP contribution < -0.4 is 0 Å². The molecule has 0 bridgehead atoms. The Hall–Kier alpha value is -1.41. The van der Waals surface area contributed by atoms with Crippen molar-refractivity contribution in [3.63, 3.8) is 0 Å². The van der Waals surface area contributed by atoms with E-state index in [1.165, 1.54) is 16.0 Å². The largest absolute Gasteiger partial charge is 0.294 e. The van der Waals surface area contributed by atoms with Gasteiger partial charge in [-0.3, -0.25) is 4.79 Å². The van der Waals surface area contributed by atoms with Crippen LogP contribution in [0.25, 0.3) is 0 Å². The first-order valence-electron chi connectivity index (χ1n) is 6.55. The highest BCUT2D eigenvalue weighted by Gasteiger charge is 2.14. The molecule has 0 amide bonds. The van der Waals surface area contributed by atoms with Crippen molar-refractivity contribution in [3.05, 3.63) is 57.3 Å². The number of carbonyl (C=O) groups is 1. The Morgan fingerprint density at radius 1 is 1.16 bits per heavy atom. The van der Waals surface area contributed by atoms with Crippen LogP contribution in [-0.4, -0.2) is 5.78 Å². The summed E-state index contributed by atoms with van der Waals surface area (Å²) in [7, 11) is 0. The van der Waals surface area contributed by atoms with Gasteiger partial charge < -0.3 is 0 Å². The summed E-state index contributed by atoms with van der Waals surface area (Å²) in [5.74, 6) is 0.152. The summed E-state index contributed by atoms with van der Waals surface area (Å²) in [6.07, 6.45) is 0.905. The molecule has 0 aliphatic rings. The summed E-state index contributed by atoms with van der Waals surface area (Å²) in [5.41, 5.74) is 2.84. The van der Waals surface area contributed by atoms with E-state index in [4.69, 9.17) is 0 Å². The van der Waals surface area contributed by atoms with E-state index in [-0.39, 0.29) is 11.2 Å². The first-order valence-corrected chi connectivity index (χ1v) is 7.37. The first kappa shape index (κ1) is 14.0. The molecule has 0 saturated heterocycles. The van der Waals surface area contributed by atoms with Crippen LogP contribution in [-0.2, 0) is 11.8 Å². The summed E-state index contributed by atoms with van der Waals surface area (Å²) in [6, 6.07) is 12.7. The van der Waals surface area contributed by atoms with E-state index in [0.29, 0.717) is 0 Å². The minimum Gasteiger partial charge on any atom is -0.294 e. The lowest BCUT2D eigenvalue weighted by molar-refractivity contribution is 0.102. The second-order valence-electron chi connectivity index (χ2n) is 5.95. The molecule has 0 radical (unpaired) electrons. The van der Waals surface area contributed by atoms with Crippen LogP contribution in [0.2, 0.25) is 0 Å². The molecule has 0 spiro atoms. The van der Waals surface area contributed by atoms with Gasteiger partial charge in [0.15, 0.2) is 5.78 Å². The molecule has 2 rings (SSSR count). The molecule has 0 aliphatic heterocycles. The van der Waals surface area contributed by atoms with E-state index in [0.717, 1.165) is 11.3 Å². The minimum atomic E-state index is 0.152. The first-order chi connectivity index (χ1) is 8.86. The molecule has 1 heterocycles. The third-order valence-electron chi connectivity index (χ3n) is 3.18. The Morgan fingerprint density at radius 3 is 2.47 bits per heavy atom. The van der Waals surface area contributed by atoms with Crippen molar-refractivity contribution in [2.45, 2.75) is 39.5 Å². The standard InChI is InChI=1S/C17H20OS/c1-12(18)16-9-8-15(19-16)11-13-6-5-7-14(10-13)17(2,3)4/h5-10H,11H2,1-4H3. The highest BCUT2D eigenvalue weighted by Crippen LogP contribution is 2.25. The number of hydrogen-bond donors (Lipinski definition) is 0. The van der Waals surface area contributed by atoms with Crippen LogP contribution in [0.3, 0.4) is 0 Å². The van der Waals surface area contributed by atoms with Crippen molar-refractivity contribution in [3.8, 4) is 0 Å². The maximum Gasteiger partial charge on any atom is 0.169 e. The zero-order chi connectivity index (χ0) is 14.0. The van der Waals surface area contributed by atoms with E-state index >= 15 is 0 Å². The number of rotatable bonds is 3. The number of carbonyl (C=O) groups excluding carboxylic acids is 1. The van der Waals surface area contributed by atoms with Gasteiger partial charge in [-0.05, 0) is 35.6 Å². The lowest BCUT2D eigenvalue weighted by atomic mass is 9.86. The van der Waals surface area contributed by atoms with Crippen molar-refractivity contribution in [2.75, 3.05) is 0 Å². The second kappa shape index (κ2) is 5.30. The van der Waals surface area contributed by atoms with E-state index in [9.17, 15) is 4.79 Å². The number of thiophene rings is 1. The molecule has 0 unspecified atom stereocenters. The van der Waals surface area contributed by atoms with Crippen molar-refractivity contribution in [1.29, 1.82) is 0 Å². The third kappa shape index (κ3) is 3.54. The third-order valence-corrected chi connectivity index (χ3v) is 4.37. The smallest absolute Gasteiger partial charge is 0.169 e. The fraction of sp³-hybridized carbons (Fsp3) is 0.353. The molecule has 2 heteroatoms. The van der Waals surface area contributed by atoms with Crippen molar-refractivity contribution >= 4 is 17.1 Å². The predicted molar refractivity (Wildman–Crippen MR) is 82.3 cm³/mol. The summed E-state index contributed by atoms with van der Waals surface area (Å²) >= 11 is 1.60. The fourth-order valence-corrected chi connectivity index (χ4v) is 2.95. The minimum absolute atomic E-state index is 0.152. The Balaban J connectivity index is 2.21. The maximum absolute atomic E-state index is 11.3. The molecule has 0 aliphatic carbocycles. The Morgan fingerprint density at radius 2 is 1.89 bits per heavy atom. The molecule has 19 heavy (non-hydrogen) atoms. The van der Waals surface area contributed by atoms with Crippen LogP contribution in [0.5, 0.6) is 0 Å². The molecule has 0 atom stereocenters. The van der Waals surface area contributed by atoms with Gasteiger partial charge >= 0.3 is 0 Å². The van der Waals surface area contributed by atoms with E-state index in [1.807, 2.05) is 6.07 Å². The molecular weight excluding hydrogens is 252 g/mol. The fourth-order valence-electron chi connectivity index (χ4n) is 2.01. The molecule has 1 nitrogen and oxygen atoms in total. The Kier molecular flexibility index (Phi) is 3.91. The quantitative estimate of drug-likeness (QED) is 0.731. The highest BCUT2D eigenvalue weighted by atomic mass is 32.1. The van der Waals surface area contributed by atoms with Gasteiger partial charge in [-0.15, -0.1) is 11.3 Å². The molecule has 1 aromatic carbocycles. The normalized spacial score (nSPS) is 11.6. The van der Waals surface area contributed by atoms with Gasteiger partial charge in [0.05, 0.1) is 4.88 Å². The van der Waals surface area contributed by atoms with Crippen LogP contribution >= 0.6 is 11.3 Å². The second-order valence-corrected chi connectivity index (χ2v) is 7.12. The van der Waals surface area contributed by atoms with Crippen LogP contribution in [0, 0.1) is 0 Å². The maximum atomic E-state index is 11.3. The summed E-state index contributed by atoms with van der Waals surface area (Å²) in [5, 5.41) is 0. The van der Waals surface area contributed by atoms with E-state index < -0.39 is 0 Å². The van der Waals surface area contributed by atoms with Crippen LogP contribution in [0.15, 0.2) is 36.4 Å². The van der Waals surface area contributed by atoms with E-state index in [2.05, 4.69) is 51.1 Å². The average Bonchev–Trinajstić information content (AvgIpc) is 2.77. The highest BCUT2D eigenvalue weighted by molar-refractivity contribution is 7.14. The van der Waals surface area contributed by atoms with Crippen molar-refractivity contribution < 1.29 is 4.79 Å². The topological polar surface area (TPSA) is 17.1 Å². The van der Waals surface area contributed by atoms with Gasteiger partial charge in [0.2, 0.25) is 0 Å². The zero-order valence-electron chi connectivity index (χ0n) is 12.0. The number of benzene rings is 1. The predicted octanol–water partition coefficient (Wildman–Crippen LogP) is 4.84.